The number of pyridine rings is 8. The molecule has 12 heteroatoms. The summed E-state index contributed by atoms with van der Waals surface area (Å²) in [4.78, 5) is 56.4. The van der Waals surface area contributed by atoms with E-state index in [-0.39, 0.29) is 0 Å². The summed E-state index contributed by atoms with van der Waals surface area (Å²) in [6.45, 7) is 0. The van der Waals surface area contributed by atoms with Crippen LogP contribution in [0.4, 0.5) is 0 Å². The van der Waals surface area contributed by atoms with Crippen molar-refractivity contribution in [2.24, 2.45) is 0 Å². The summed E-state index contributed by atoms with van der Waals surface area (Å²) in [5, 5.41) is 10.9. The number of fused-ring (bicyclic) bond motifs is 11. The van der Waals surface area contributed by atoms with Crippen molar-refractivity contribution in [2.45, 2.75) is 0 Å². The largest absolute Gasteiger partial charge is 0.261 e. The van der Waals surface area contributed by atoms with Crippen molar-refractivity contribution in [3.63, 3.8) is 0 Å². The fourth-order valence-electron chi connectivity index (χ4n) is 13.1. The maximum atomic E-state index is 5.22. The van der Waals surface area contributed by atoms with Gasteiger partial charge in [-0.15, -0.1) is 0 Å². The first-order valence-electron chi connectivity index (χ1n) is 31.6. The van der Waals surface area contributed by atoms with E-state index in [1.54, 1.807) is 37.2 Å². The summed E-state index contributed by atoms with van der Waals surface area (Å²) in [5.74, 6) is 0. The Balaban J connectivity index is 0.000000141. The maximum absolute atomic E-state index is 5.22. The minimum atomic E-state index is 0.752. The fourth-order valence-corrected chi connectivity index (χ4v) is 13.1. The smallest absolute Gasteiger partial charge is 0.107 e. The molecule has 0 fully saturated rings. The van der Waals surface area contributed by atoms with E-state index in [2.05, 4.69) is 253 Å². The van der Waals surface area contributed by atoms with Crippen LogP contribution in [0.5, 0.6) is 0 Å². The molecule has 0 aliphatic rings. The van der Waals surface area contributed by atoms with Crippen LogP contribution in [-0.2, 0) is 0 Å². The molecule has 9 aromatic carbocycles. The lowest BCUT2D eigenvalue weighted by molar-refractivity contribution is 1.19. The third kappa shape index (κ3) is 10.2. The van der Waals surface area contributed by atoms with Crippen molar-refractivity contribution in [3.05, 3.63) is 304 Å². The second-order valence-electron chi connectivity index (χ2n) is 23.7. The van der Waals surface area contributed by atoms with Gasteiger partial charge in [-0.25, -0.2) is 24.9 Å². The lowest BCUT2D eigenvalue weighted by Crippen LogP contribution is -1.92. The maximum Gasteiger partial charge on any atom is 0.107 e. The Morgan fingerprint density at radius 2 is 0.573 bits per heavy atom. The number of hydrogen-bond acceptors (Lipinski definition) is 12. The highest BCUT2D eigenvalue weighted by Gasteiger charge is 2.17. The van der Waals surface area contributed by atoms with Crippen molar-refractivity contribution < 1.29 is 0 Å². The van der Waals surface area contributed by atoms with Crippen LogP contribution in [0.2, 0.25) is 0 Å². The predicted octanol–water partition coefficient (Wildman–Crippen LogP) is 19.8. The molecule has 0 bridgehead atoms. The van der Waals surface area contributed by atoms with E-state index in [4.69, 9.17) is 24.9 Å². The van der Waals surface area contributed by atoms with Gasteiger partial charge in [0.25, 0.3) is 0 Å². The molecule has 0 spiro atoms. The second-order valence-corrected chi connectivity index (χ2v) is 23.7. The summed E-state index contributed by atoms with van der Waals surface area (Å²) in [6.07, 6.45) is 15.7. The van der Waals surface area contributed by atoms with Gasteiger partial charge in [0, 0.05) is 103 Å². The molecule has 12 nitrogen and oxygen atoms in total. The SMILES string of the molecule is c1cnc2c(c1)cc(-c1ccc(-c3ccc4ccc(-c5ccc6ccc(-c7cnccn7)nc6c5)cc4n3)cc1)c1cccnc12.c1cnc2c(c1)ccc1ccc(-c3ccc(-c4ccc5ccc(-c6ccc7ccc(-c8cnccn8)nc7c6)cc5n4)c4ccccc34)nc12. The Morgan fingerprint density at radius 3 is 1.10 bits per heavy atom. The zero-order valence-electron chi connectivity index (χ0n) is 51.2. The highest BCUT2D eigenvalue weighted by atomic mass is 14.8. The van der Waals surface area contributed by atoms with E-state index in [1.165, 1.54) is 0 Å². The van der Waals surface area contributed by atoms with Gasteiger partial charge in [0.1, 0.15) is 11.4 Å². The summed E-state index contributed by atoms with van der Waals surface area (Å²) >= 11 is 0. The average Bonchev–Trinajstić information content (AvgIpc) is 0.784. The Labute approximate surface area is 549 Å². The van der Waals surface area contributed by atoms with Gasteiger partial charge < -0.3 is 0 Å². The minimum Gasteiger partial charge on any atom is -0.261 e. The topological polar surface area (TPSA) is 155 Å². The molecule has 446 valence electrons. The van der Waals surface area contributed by atoms with Crippen LogP contribution in [0.25, 0.3) is 188 Å². The second kappa shape index (κ2) is 23.4. The van der Waals surface area contributed by atoms with Crippen LogP contribution >= 0.6 is 0 Å². The van der Waals surface area contributed by atoms with E-state index in [1.807, 2.05) is 48.9 Å². The van der Waals surface area contributed by atoms with Crippen LogP contribution in [0, 0.1) is 0 Å². The Kier molecular flexibility index (Phi) is 13.5. The molecule has 0 unspecified atom stereocenters. The molecular weight excluding hydrogens is 1180 g/mol. The molecular formula is C84H50N12. The summed E-state index contributed by atoms with van der Waals surface area (Å²) in [5.41, 5.74) is 23.1. The first-order chi connectivity index (χ1) is 47.5. The Bertz CT molecular complexity index is 6290. The van der Waals surface area contributed by atoms with E-state index in [0.717, 1.165) is 188 Å². The quantitative estimate of drug-likeness (QED) is 0.133. The molecule has 0 atom stereocenters. The molecule has 0 saturated heterocycles. The normalized spacial score (nSPS) is 11.5. The van der Waals surface area contributed by atoms with Crippen molar-refractivity contribution in [1.29, 1.82) is 0 Å². The Morgan fingerprint density at radius 1 is 0.188 bits per heavy atom. The molecule has 0 aliphatic heterocycles. The highest BCUT2D eigenvalue weighted by molar-refractivity contribution is 6.11. The minimum absolute atomic E-state index is 0.752. The molecule has 0 amide bonds. The number of nitrogens with zero attached hydrogens (tertiary/aromatic N) is 12. The van der Waals surface area contributed by atoms with Crippen LogP contribution in [0.3, 0.4) is 0 Å². The number of aromatic nitrogens is 12. The van der Waals surface area contributed by atoms with Gasteiger partial charge >= 0.3 is 0 Å². The van der Waals surface area contributed by atoms with E-state index >= 15 is 0 Å². The average molecular weight is 1230 g/mol. The lowest BCUT2D eigenvalue weighted by Gasteiger charge is -2.13. The first kappa shape index (κ1) is 55.5. The van der Waals surface area contributed by atoms with E-state index in [0.29, 0.717) is 0 Å². The van der Waals surface area contributed by atoms with Gasteiger partial charge in [-0.1, -0.05) is 170 Å². The fraction of sp³-hybridized carbons (Fsp3) is 0. The highest BCUT2D eigenvalue weighted by Crippen LogP contribution is 2.39. The van der Waals surface area contributed by atoms with Gasteiger partial charge in [0.15, 0.2) is 0 Å². The standard InChI is InChI=1S/C44H26N6.C40H24N6/c1-2-6-34-33(5-1)35(16-17-36(34)38-19-15-30-10-9-29-4-3-21-47-43(29)44(30)50-38)37-18-13-27-7-11-31(24-40(27)48-37)32-12-8-28-14-20-39(49-41(28)25-32)42-26-45-22-23-46-42;1-3-31-21-33(32-4-2-18-44-40(32)39(31)43-17-1)25-5-7-26(8-6-25)34-15-13-27-9-11-29(22-36(27)45-34)30-12-10-28-14-16-35(46-37(28)23-30)38-24-41-19-20-42-38/h1-26H;1-24H. The lowest BCUT2D eigenvalue weighted by atomic mass is 9.95. The Hall–Kier alpha value is -13.3. The molecule has 0 aliphatic carbocycles. The van der Waals surface area contributed by atoms with Gasteiger partial charge in [0.05, 0.1) is 85.0 Å². The zero-order chi connectivity index (χ0) is 63.5. The van der Waals surface area contributed by atoms with Crippen molar-refractivity contribution in [1.82, 2.24) is 59.8 Å². The first-order valence-corrected chi connectivity index (χ1v) is 31.6. The summed E-state index contributed by atoms with van der Waals surface area (Å²) < 4.78 is 0. The van der Waals surface area contributed by atoms with Crippen LogP contribution < -0.4 is 0 Å². The predicted molar refractivity (Wildman–Crippen MR) is 387 cm³/mol. The van der Waals surface area contributed by atoms with Crippen molar-refractivity contribution >= 4 is 98.0 Å². The number of benzene rings is 9. The third-order valence-electron chi connectivity index (χ3n) is 17.9. The molecule has 19 aromatic rings. The molecule has 10 aromatic heterocycles. The van der Waals surface area contributed by atoms with Gasteiger partial charge in [-0.3, -0.25) is 34.9 Å². The molecule has 0 N–H and O–H groups in total. The van der Waals surface area contributed by atoms with Gasteiger partial charge in [-0.2, -0.15) is 0 Å². The molecule has 0 radical (unpaired) electrons. The summed E-state index contributed by atoms with van der Waals surface area (Å²) in [7, 11) is 0. The van der Waals surface area contributed by atoms with E-state index in [9.17, 15) is 0 Å². The number of rotatable bonds is 8. The molecule has 0 saturated carbocycles. The van der Waals surface area contributed by atoms with Crippen molar-refractivity contribution in [3.8, 4) is 89.9 Å². The zero-order valence-corrected chi connectivity index (χ0v) is 51.2. The monoisotopic (exact) mass is 1230 g/mol. The van der Waals surface area contributed by atoms with Gasteiger partial charge in [-0.05, 0) is 123 Å². The van der Waals surface area contributed by atoms with Crippen molar-refractivity contribution in [2.75, 3.05) is 0 Å². The van der Waals surface area contributed by atoms with Crippen LogP contribution in [0.1, 0.15) is 0 Å². The molecule has 96 heavy (non-hydrogen) atoms. The molecule has 10 heterocycles. The molecule has 19 rings (SSSR count). The third-order valence-corrected chi connectivity index (χ3v) is 17.9. The summed E-state index contributed by atoms with van der Waals surface area (Å²) in [6, 6.07) is 86.6. The van der Waals surface area contributed by atoms with Crippen LogP contribution in [-0.4, -0.2) is 59.8 Å². The van der Waals surface area contributed by atoms with E-state index < -0.39 is 0 Å². The van der Waals surface area contributed by atoms with Gasteiger partial charge in [0.2, 0.25) is 0 Å². The number of hydrogen-bond donors (Lipinski definition) is 0. The van der Waals surface area contributed by atoms with Crippen LogP contribution in [0.15, 0.2) is 304 Å².